The second-order valence-electron chi connectivity index (χ2n) is 4.68. The summed E-state index contributed by atoms with van der Waals surface area (Å²) in [6.45, 7) is 3.52. The van der Waals surface area contributed by atoms with Gasteiger partial charge in [0.05, 0.1) is 12.2 Å². The van der Waals surface area contributed by atoms with Crippen molar-refractivity contribution in [1.29, 1.82) is 0 Å². The van der Waals surface area contributed by atoms with E-state index in [1.807, 2.05) is 0 Å². The highest BCUT2D eigenvalue weighted by molar-refractivity contribution is 7.92. The van der Waals surface area contributed by atoms with Crippen LogP contribution in [-0.2, 0) is 16.6 Å². The first-order valence-corrected chi connectivity index (χ1v) is 7.85. The van der Waals surface area contributed by atoms with E-state index in [2.05, 4.69) is 10.0 Å². The maximum absolute atomic E-state index is 13.5. The Bertz CT molecular complexity index is 754. The van der Waals surface area contributed by atoms with Crippen LogP contribution in [0.5, 0.6) is 0 Å². The maximum atomic E-state index is 13.5. The fraction of sp³-hybridized carbons (Fsp3) is 0.286. The Balaban J connectivity index is 2.36. The van der Waals surface area contributed by atoms with Crippen molar-refractivity contribution < 1.29 is 17.2 Å². The molecule has 1 aromatic carbocycles. The first-order chi connectivity index (χ1) is 9.85. The first-order valence-electron chi connectivity index (χ1n) is 6.37. The molecule has 2 rings (SSSR count). The summed E-state index contributed by atoms with van der Waals surface area (Å²) in [4.78, 5) is 0.0522. The second kappa shape index (κ2) is 5.87. The predicted octanol–water partition coefficient (Wildman–Crippen LogP) is 2.56. The van der Waals surface area contributed by atoms with Gasteiger partial charge < -0.3 is 9.73 Å². The van der Waals surface area contributed by atoms with Gasteiger partial charge in [0, 0.05) is 11.6 Å². The lowest BCUT2D eigenvalue weighted by Gasteiger charge is -2.10. The molecule has 7 heteroatoms. The lowest BCUT2D eigenvalue weighted by atomic mass is 10.2. The van der Waals surface area contributed by atoms with Crippen molar-refractivity contribution in [3.63, 3.8) is 0 Å². The Morgan fingerprint density at radius 2 is 2.00 bits per heavy atom. The Morgan fingerprint density at radius 1 is 1.29 bits per heavy atom. The van der Waals surface area contributed by atoms with E-state index in [1.54, 1.807) is 14.0 Å². The van der Waals surface area contributed by atoms with Gasteiger partial charge >= 0.3 is 0 Å². The van der Waals surface area contributed by atoms with Crippen LogP contribution in [0.3, 0.4) is 0 Å². The zero-order chi connectivity index (χ0) is 15.6. The topological polar surface area (TPSA) is 71.3 Å². The van der Waals surface area contributed by atoms with Gasteiger partial charge in [0.2, 0.25) is 0 Å². The van der Waals surface area contributed by atoms with E-state index >= 15 is 0 Å². The van der Waals surface area contributed by atoms with Crippen molar-refractivity contribution in [2.45, 2.75) is 25.3 Å². The molecule has 0 fully saturated rings. The Labute approximate surface area is 123 Å². The van der Waals surface area contributed by atoms with Crippen molar-refractivity contribution in [3.05, 3.63) is 47.2 Å². The van der Waals surface area contributed by atoms with Gasteiger partial charge in [-0.05, 0) is 33.0 Å². The number of sulfonamides is 1. The van der Waals surface area contributed by atoms with Gasteiger partial charge in [-0.2, -0.15) is 0 Å². The van der Waals surface area contributed by atoms with Gasteiger partial charge in [0.1, 0.15) is 22.2 Å². The summed E-state index contributed by atoms with van der Waals surface area (Å²) in [5.41, 5.74) is 0.462. The summed E-state index contributed by atoms with van der Waals surface area (Å²) < 4.78 is 46.0. The summed E-state index contributed by atoms with van der Waals surface area (Å²) in [6, 6.07) is 5.71. The minimum absolute atomic E-state index is 0.0522. The number of hydrogen-bond acceptors (Lipinski definition) is 4. The third-order valence-electron chi connectivity index (χ3n) is 3.08. The van der Waals surface area contributed by atoms with Crippen LogP contribution in [0.2, 0.25) is 0 Å². The van der Waals surface area contributed by atoms with E-state index in [1.165, 1.54) is 31.2 Å². The monoisotopic (exact) mass is 312 g/mol. The minimum Gasteiger partial charge on any atom is -0.464 e. The number of benzene rings is 1. The molecule has 0 aliphatic rings. The number of aryl methyl sites for hydroxylation is 1. The molecule has 0 aliphatic carbocycles. The average molecular weight is 312 g/mol. The van der Waals surface area contributed by atoms with Crippen LogP contribution in [0.25, 0.3) is 0 Å². The summed E-state index contributed by atoms with van der Waals surface area (Å²) in [6.07, 6.45) is 0. The molecule has 1 aromatic heterocycles. The average Bonchev–Trinajstić information content (AvgIpc) is 2.77. The van der Waals surface area contributed by atoms with Crippen molar-refractivity contribution >= 4 is 15.7 Å². The van der Waals surface area contributed by atoms with Gasteiger partial charge in [0.15, 0.2) is 0 Å². The largest absolute Gasteiger partial charge is 0.464 e. The lowest BCUT2D eigenvalue weighted by molar-refractivity contribution is 0.466. The van der Waals surface area contributed by atoms with Crippen LogP contribution in [0.1, 0.15) is 17.1 Å². The SMILES string of the molecule is CNCc1cc(S(=O)(=O)Nc2cccc(F)c2C)c(C)o1. The van der Waals surface area contributed by atoms with Crippen LogP contribution in [0.4, 0.5) is 10.1 Å². The van der Waals surface area contributed by atoms with Crippen molar-refractivity contribution in [1.82, 2.24) is 5.32 Å². The summed E-state index contributed by atoms with van der Waals surface area (Å²) in [5.74, 6) is 0.350. The van der Waals surface area contributed by atoms with E-state index in [4.69, 9.17) is 4.42 Å². The third-order valence-corrected chi connectivity index (χ3v) is 4.55. The van der Waals surface area contributed by atoms with E-state index in [0.29, 0.717) is 18.1 Å². The van der Waals surface area contributed by atoms with E-state index in [-0.39, 0.29) is 16.1 Å². The summed E-state index contributed by atoms with van der Waals surface area (Å²) in [7, 11) is -2.08. The highest BCUT2D eigenvalue weighted by Crippen LogP contribution is 2.25. The molecule has 2 aromatic rings. The summed E-state index contributed by atoms with van der Waals surface area (Å²) >= 11 is 0. The van der Waals surface area contributed by atoms with E-state index in [0.717, 1.165) is 0 Å². The second-order valence-corrected chi connectivity index (χ2v) is 6.33. The first kappa shape index (κ1) is 15.5. The number of rotatable bonds is 5. The number of halogens is 1. The smallest absolute Gasteiger partial charge is 0.265 e. The Kier molecular flexibility index (Phi) is 4.34. The van der Waals surface area contributed by atoms with Gasteiger partial charge in [-0.3, -0.25) is 4.72 Å². The van der Waals surface area contributed by atoms with Crippen LogP contribution >= 0.6 is 0 Å². The molecular formula is C14H17FN2O3S. The van der Waals surface area contributed by atoms with E-state index < -0.39 is 15.8 Å². The quantitative estimate of drug-likeness (QED) is 0.890. The number of anilines is 1. The van der Waals surface area contributed by atoms with Crippen molar-refractivity contribution in [3.8, 4) is 0 Å². The molecule has 2 N–H and O–H groups in total. The van der Waals surface area contributed by atoms with Crippen molar-refractivity contribution in [2.24, 2.45) is 0 Å². The van der Waals surface area contributed by atoms with Crippen molar-refractivity contribution in [2.75, 3.05) is 11.8 Å². The molecule has 1 heterocycles. The molecule has 0 atom stereocenters. The molecular weight excluding hydrogens is 295 g/mol. The predicted molar refractivity (Wildman–Crippen MR) is 78.2 cm³/mol. The molecule has 0 saturated carbocycles. The Morgan fingerprint density at radius 3 is 2.67 bits per heavy atom. The lowest BCUT2D eigenvalue weighted by Crippen LogP contribution is -2.14. The number of hydrogen-bond donors (Lipinski definition) is 2. The highest BCUT2D eigenvalue weighted by atomic mass is 32.2. The van der Waals surface area contributed by atoms with Crippen LogP contribution in [-0.4, -0.2) is 15.5 Å². The maximum Gasteiger partial charge on any atom is 0.265 e. The van der Waals surface area contributed by atoms with Gasteiger partial charge in [0.25, 0.3) is 10.0 Å². The summed E-state index contributed by atoms with van der Waals surface area (Å²) in [5, 5.41) is 2.88. The molecule has 0 amide bonds. The Hall–Kier alpha value is -1.86. The third kappa shape index (κ3) is 3.25. The molecule has 5 nitrogen and oxygen atoms in total. The molecule has 0 aliphatic heterocycles. The number of furan rings is 1. The molecule has 0 unspecified atom stereocenters. The molecule has 114 valence electrons. The van der Waals surface area contributed by atoms with Crippen LogP contribution in [0, 0.1) is 19.7 Å². The standard InChI is InChI=1S/C14H17FN2O3S/c1-9-12(15)5-4-6-13(9)17-21(18,19)14-7-11(8-16-3)20-10(14)2/h4-7,16-17H,8H2,1-3H3. The van der Waals surface area contributed by atoms with Crippen LogP contribution in [0.15, 0.2) is 33.6 Å². The molecule has 0 bridgehead atoms. The van der Waals surface area contributed by atoms with Gasteiger partial charge in [-0.1, -0.05) is 6.07 Å². The minimum atomic E-state index is -3.82. The van der Waals surface area contributed by atoms with Crippen LogP contribution < -0.4 is 10.0 Å². The highest BCUT2D eigenvalue weighted by Gasteiger charge is 2.22. The molecule has 0 radical (unpaired) electrons. The zero-order valence-electron chi connectivity index (χ0n) is 12.0. The molecule has 0 saturated heterocycles. The molecule has 21 heavy (non-hydrogen) atoms. The fourth-order valence-electron chi connectivity index (χ4n) is 1.97. The zero-order valence-corrected chi connectivity index (χ0v) is 12.8. The van der Waals surface area contributed by atoms with Gasteiger partial charge in [-0.15, -0.1) is 0 Å². The molecule has 0 spiro atoms. The van der Waals surface area contributed by atoms with E-state index in [9.17, 15) is 12.8 Å². The normalized spacial score (nSPS) is 11.6. The van der Waals surface area contributed by atoms with Gasteiger partial charge in [-0.25, -0.2) is 12.8 Å². The fourth-order valence-corrected chi connectivity index (χ4v) is 3.30. The number of nitrogens with one attached hydrogen (secondary N) is 2.